The van der Waals surface area contributed by atoms with Crippen molar-refractivity contribution in [3.8, 4) is 0 Å². The topological polar surface area (TPSA) is 75.3 Å². The monoisotopic (exact) mass is 290 g/mol. The zero-order valence-corrected chi connectivity index (χ0v) is 13.1. The number of carbonyl (C=O) groups excluding carboxylic acids is 1. The van der Waals surface area contributed by atoms with E-state index in [0.29, 0.717) is 13.0 Å². The van der Waals surface area contributed by atoms with Gasteiger partial charge in [-0.3, -0.25) is 4.79 Å². The van der Waals surface area contributed by atoms with Gasteiger partial charge in [-0.1, -0.05) is 6.92 Å². The van der Waals surface area contributed by atoms with E-state index >= 15 is 0 Å². The van der Waals surface area contributed by atoms with Crippen molar-refractivity contribution in [2.45, 2.75) is 63.8 Å². The van der Waals surface area contributed by atoms with Gasteiger partial charge in [0.15, 0.2) is 9.84 Å². The van der Waals surface area contributed by atoms with Crippen molar-refractivity contribution in [2.75, 3.05) is 12.3 Å². The van der Waals surface area contributed by atoms with Crippen molar-refractivity contribution in [2.24, 2.45) is 0 Å². The van der Waals surface area contributed by atoms with Gasteiger partial charge in [-0.25, -0.2) is 8.42 Å². The molecule has 1 aliphatic rings. The Labute approximate surface area is 116 Å². The lowest BCUT2D eigenvalue weighted by atomic mass is 10.0. The number of hydrogen-bond acceptors (Lipinski definition) is 4. The summed E-state index contributed by atoms with van der Waals surface area (Å²) in [5.74, 6) is 0.199. The predicted molar refractivity (Wildman–Crippen MR) is 76.8 cm³/mol. The Morgan fingerprint density at radius 2 is 2.05 bits per heavy atom. The molecule has 0 bridgehead atoms. The number of rotatable bonds is 6. The molecule has 0 aromatic carbocycles. The molecule has 0 aromatic heterocycles. The van der Waals surface area contributed by atoms with Gasteiger partial charge in [-0.15, -0.1) is 0 Å². The molecule has 0 saturated carbocycles. The summed E-state index contributed by atoms with van der Waals surface area (Å²) in [7, 11) is -2.94. The number of sulfone groups is 1. The fourth-order valence-electron chi connectivity index (χ4n) is 2.02. The average molecular weight is 290 g/mol. The van der Waals surface area contributed by atoms with Gasteiger partial charge < -0.3 is 10.6 Å². The summed E-state index contributed by atoms with van der Waals surface area (Å²) < 4.78 is 23.4. The highest BCUT2D eigenvalue weighted by Crippen LogP contribution is 2.19. The minimum absolute atomic E-state index is 0.0813. The van der Waals surface area contributed by atoms with Gasteiger partial charge in [0.2, 0.25) is 5.91 Å². The van der Waals surface area contributed by atoms with Crippen LogP contribution in [0.2, 0.25) is 0 Å². The third-order valence-corrected chi connectivity index (χ3v) is 6.13. The fraction of sp³-hybridized carbons (Fsp3) is 0.923. The van der Waals surface area contributed by atoms with E-state index < -0.39 is 9.84 Å². The minimum atomic E-state index is -2.94. The van der Waals surface area contributed by atoms with Crippen LogP contribution in [0.15, 0.2) is 0 Å². The van der Waals surface area contributed by atoms with Gasteiger partial charge in [0.1, 0.15) is 0 Å². The molecule has 1 aliphatic heterocycles. The Balaban J connectivity index is 2.43. The Hall–Kier alpha value is -0.620. The van der Waals surface area contributed by atoms with Gasteiger partial charge >= 0.3 is 0 Å². The molecule has 0 spiro atoms. The molecule has 1 fully saturated rings. The van der Waals surface area contributed by atoms with E-state index in [2.05, 4.69) is 10.6 Å². The fourth-order valence-corrected chi connectivity index (χ4v) is 3.80. The molecular formula is C13H26N2O3S. The maximum Gasteiger partial charge on any atom is 0.237 e. The van der Waals surface area contributed by atoms with Crippen molar-refractivity contribution in [1.29, 1.82) is 0 Å². The average Bonchev–Trinajstić information content (AvgIpc) is 2.64. The zero-order chi connectivity index (χ0) is 14.7. The molecule has 112 valence electrons. The molecule has 19 heavy (non-hydrogen) atoms. The third-order valence-electron chi connectivity index (χ3n) is 3.85. The molecule has 2 unspecified atom stereocenters. The predicted octanol–water partition coefficient (Wildman–Crippen LogP) is 0.847. The van der Waals surface area contributed by atoms with E-state index in [-0.39, 0.29) is 28.5 Å². The maximum absolute atomic E-state index is 12.0. The maximum atomic E-state index is 12.0. The second-order valence-corrected chi connectivity index (χ2v) is 8.39. The first kappa shape index (κ1) is 16.4. The van der Waals surface area contributed by atoms with Crippen LogP contribution in [0.3, 0.4) is 0 Å². The largest absolute Gasteiger partial charge is 0.350 e. The van der Waals surface area contributed by atoms with E-state index in [4.69, 9.17) is 0 Å². The summed E-state index contributed by atoms with van der Waals surface area (Å²) in [5, 5.41) is 5.65. The lowest BCUT2D eigenvalue weighted by Crippen LogP contribution is -2.51. The van der Waals surface area contributed by atoms with Crippen molar-refractivity contribution < 1.29 is 13.2 Å². The van der Waals surface area contributed by atoms with Crippen molar-refractivity contribution in [1.82, 2.24) is 10.6 Å². The summed E-state index contributed by atoms with van der Waals surface area (Å²) in [4.78, 5) is 12.0. The molecule has 1 heterocycles. The number of carbonyl (C=O) groups is 1. The molecule has 0 radical (unpaired) electrons. The smallest absolute Gasteiger partial charge is 0.237 e. The van der Waals surface area contributed by atoms with Gasteiger partial charge in [-0.05, 0) is 40.0 Å². The van der Waals surface area contributed by atoms with Crippen LogP contribution in [-0.4, -0.2) is 43.5 Å². The molecule has 2 N–H and O–H groups in total. The SMILES string of the molecule is CCC(C)(C)NC(=O)C(C)NCC1CCCS1(=O)=O. The molecule has 2 atom stereocenters. The summed E-state index contributed by atoms with van der Waals surface area (Å²) in [6.07, 6.45) is 2.28. The van der Waals surface area contributed by atoms with Crippen LogP contribution in [0.5, 0.6) is 0 Å². The van der Waals surface area contributed by atoms with Crippen LogP contribution < -0.4 is 10.6 Å². The van der Waals surface area contributed by atoms with Crippen molar-refractivity contribution in [3.63, 3.8) is 0 Å². The third kappa shape index (κ3) is 4.76. The molecule has 1 rings (SSSR count). The first-order valence-electron chi connectivity index (χ1n) is 6.95. The molecule has 1 amide bonds. The summed E-state index contributed by atoms with van der Waals surface area (Å²) in [6.45, 7) is 8.09. The highest BCUT2D eigenvalue weighted by atomic mass is 32.2. The number of nitrogens with one attached hydrogen (secondary N) is 2. The lowest BCUT2D eigenvalue weighted by molar-refractivity contribution is -0.124. The highest BCUT2D eigenvalue weighted by molar-refractivity contribution is 7.92. The molecule has 1 saturated heterocycles. The normalized spacial score (nSPS) is 24.1. The Bertz CT molecular complexity index is 418. The minimum Gasteiger partial charge on any atom is -0.350 e. The van der Waals surface area contributed by atoms with Gasteiger partial charge in [0, 0.05) is 12.1 Å². The molecule has 5 nitrogen and oxygen atoms in total. The van der Waals surface area contributed by atoms with Gasteiger partial charge in [-0.2, -0.15) is 0 Å². The van der Waals surface area contributed by atoms with Gasteiger partial charge in [0.25, 0.3) is 0 Å². The van der Waals surface area contributed by atoms with Crippen LogP contribution >= 0.6 is 0 Å². The molecule has 0 aliphatic carbocycles. The van der Waals surface area contributed by atoms with Crippen LogP contribution in [0.25, 0.3) is 0 Å². The number of hydrogen-bond donors (Lipinski definition) is 2. The summed E-state index contributed by atoms with van der Waals surface area (Å²) >= 11 is 0. The molecular weight excluding hydrogens is 264 g/mol. The Morgan fingerprint density at radius 1 is 1.42 bits per heavy atom. The van der Waals surface area contributed by atoms with E-state index in [1.54, 1.807) is 6.92 Å². The lowest BCUT2D eigenvalue weighted by Gasteiger charge is -2.27. The summed E-state index contributed by atoms with van der Waals surface area (Å²) in [5.41, 5.74) is -0.230. The van der Waals surface area contributed by atoms with Gasteiger partial charge in [0.05, 0.1) is 17.0 Å². The first-order chi connectivity index (χ1) is 8.68. The van der Waals surface area contributed by atoms with Crippen molar-refractivity contribution in [3.05, 3.63) is 0 Å². The number of amides is 1. The van der Waals surface area contributed by atoms with Crippen LogP contribution in [0.4, 0.5) is 0 Å². The second kappa shape index (κ2) is 6.22. The van der Waals surface area contributed by atoms with Crippen LogP contribution in [-0.2, 0) is 14.6 Å². The zero-order valence-electron chi connectivity index (χ0n) is 12.3. The van der Waals surface area contributed by atoms with E-state index in [0.717, 1.165) is 12.8 Å². The molecule has 6 heteroatoms. The standard InChI is InChI=1S/C13H26N2O3S/c1-5-13(3,4)15-12(16)10(2)14-9-11-7-6-8-19(11,17)18/h10-11,14H,5-9H2,1-4H3,(H,15,16). The van der Waals surface area contributed by atoms with E-state index in [1.165, 1.54) is 0 Å². The Morgan fingerprint density at radius 3 is 2.53 bits per heavy atom. The molecule has 0 aromatic rings. The van der Waals surface area contributed by atoms with Crippen LogP contribution in [0, 0.1) is 0 Å². The van der Waals surface area contributed by atoms with Crippen molar-refractivity contribution >= 4 is 15.7 Å². The quantitative estimate of drug-likeness (QED) is 0.760. The van der Waals surface area contributed by atoms with Crippen LogP contribution in [0.1, 0.15) is 47.0 Å². The Kier molecular flexibility index (Phi) is 5.38. The summed E-state index contributed by atoms with van der Waals surface area (Å²) in [6, 6.07) is -0.373. The first-order valence-corrected chi connectivity index (χ1v) is 8.66. The van der Waals surface area contributed by atoms with E-state index in [9.17, 15) is 13.2 Å². The van der Waals surface area contributed by atoms with E-state index in [1.807, 2.05) is 20.8 Å². The second-order valence-electron chi connectivity index (χ2n) is 5.99. The highest BCUT2D eigenvalue weighted by Gasteiger charge is 2.31.